The molecule has 6 atom stereocenters. The second kappa shape index (κ2) is 16.9. The van der Waals surface area contributed by atoms with Gasteiger partial charge < -0.3 is 50.8 Å². The van der Waals surface area contributed by atoms with Crippen LogP contribution in [0.3, 0.4) is 0 Å². The normalized spacial score (nSPS) is 19.8. The molecule has 0 aliphatic carbocycles. The van der Waals surface area contributed by atoms with Gasteiger partial charge in [0.15, 0.2) is 0 Å². The van der Waals surface area contributed by atoms with Crippen LogP contribution < -0.4 is 10.6 Å². The van der Waals surface area contributed by atoms with Crippen molar-refractivity contribution < 1.29 is 39.6 Å². The van der Waals surface area contributed by atoms with Gasteiger partial charge in [-0.1, -0.05) is 109 Å². The molecule has 4 amide bonds. The molecule has 8 rings (SSSR count). The van der Waals surface area contributed by atoms with E-state index in [9.17, 15) is 39.6 Å². The quantitative estimate of drug-likeness (QED) is 0.0827. The summed E-state index contributed by atoms with van der Waals surface area (Å²) in [5, 5.41) is 45.6. The molecule has 2 saturated heterocycles. The van der Waals surface area contributed by atoms with E-state index >= 15 is 0 Å². The minimum absolute atomic E-state index is 0.0241. The standard InChI is InChI=1S/C44H42N8O8/c53-28-19-34(51(23-28)41(55)37(49-43(57)58)26-13-6-2-7-14-26)39-45-21-32(47-39)31-18-10-17-30(25-11-4-1-5-12-25)36(31)33-22-46-40(48-33)35-20-29(54)24-52(35)42(56)38(50-44(59)60)27-15-8-3-9-16-27/h1-18,21-22,28-29,34-35,37-38,49-50,53-54H,19-20,23-24H2,(H,45,47)(H,46,48)(H,57,58)(H,59,60)/t28-,29-,34-,35-,37+,38+/m0/s1. The molecule has 8 N–H and O–H groups in total. The van der Waals surface area contributed by atoms with Crippen LogP contribution in [0.1, 0.15) is 59.8 Å². The first-order chi connectivity index (χ1) is 29.0. The molecule has 0 radical (unpaired) electrons. The van der Waals surface area contributed by atoms with Gasteiger partial charge >= 0.3 is 12.2 Å². The van der Waals surface area contributed by atoms with Crippen molar-refractivity contribution in [3.8, 4) is 33.6 Å². The Morgan fingerprint density at radius 2 is 1.02 bits per heavy atom. The third kappa shape index (κ3) is 8.05. The van der Waals surface area contributed by atoms with Crippen molar-refractivity contribution in [2.75, 3.05) is 13.1 Å². The van der Waals surface area contributed by atoms with E-state index in [1.165, 1.54) is 9.80 Å². The Balaban J connectivity index is 1.15. The Labute approximate surface area is 343 Å². The highest BCUT2D eigenvalue weighted by atomic mass is 16.4. The second-order valence-corrected chi connectivity index (χ2v) is 14.8. The van der Waals surface area contributed by atoms with Crippen molar-refractivity contribution in [2.24, 2.45) is 0 Å². The maximum Gasteiger partial charge on any atom is 0.405 e. The molecule has 16 nitrogen and oxygen atoms in total. The fourth-order valence-electron chi connectivity index (χ4n) is 8.28. The fraction of sp³-hybridized carbons (Fsp3) is 0.227. The Morgan fingerprint density at radius 3 is 1.50 bits per heavy atom. The Hall–Kier alpha value is -7.30. The average molecular weight is 811 g/mol. The van der Waals surface area contributed by atoms with Crippen LogP contribution in [-0.2, 0) is 9.59 Å². The lowest BCUT2D eigenvalue weighted by atomic mass is 9.92. The SMILES string of the molecule is O=C(O)N[C@@H](C(=O)N1C[C@@H](O)C[C@H]1c1ncc(-c2cccc(-c3ccccc3)c2-c2cnc([C@@H]3C[C@H](O)CN3C(=O)[C@H](NC(=O)O)c3ccccc3)[nH]2)[nH]1)c1ccccc1. The molecule has 4 heterocycles. The van der Waals surface area contributed by atoms with E-state index in [4.69, 9.17) is 9.97 Å². The first-order valence-electron chi connectivity index (χ1n) is 19.4. The smallest absolute Gasteiger partial charge is 0.405 e. The van der Waals surface area contributed by atoms with E-state index in [1.54, 1.807) is 73.1 Å². The second-order valence-electron chi connectivity index (χ2n) is 14.8. The zero-order valence-corrected chi connectivity index (χ0v) is 32.1. The summed E-state index contributed by atoms with van der Waals surface area (Å²) in [6.45, 7) is -0.0511. The van der Waals surface area contributed by atoms with E-state index in [0.717, 1.165) is 16.7 Å². The van der Waals surface area contributed by atoms with Crippen molar-refractivity contribution in [2.45, 2.75) is 49.2 Å². The van der Waals surface area contributed by atoms with Gasteiger partial charge in [-0.05, 0) is 22.3 Å². The molecule has 0 saturated carbocycles. The number of β-amino-alcohol motifs (C(OH)–C–C–N with tert-alkyl or cyclic N) is 2. The lowest BCUT2D eigenvalue weighted by Crippen LogP contribution is -2.43. The van der Waals surface area contributed by atoms with E-state index in [0.29, 0.717) is 39.7 Å². The minimum atomic E-state index is -1.37. The number of carbonyl (C=O) groups excluding carboxylic acids is 2. The maximum atomic E-state index is 14.1. The molecule has 0 unspecified atom stereocenters. The number of rotatable bonds is 11. The summed E-state index contributed by atoms with van der Waals surface area (Å²) in [6, 6.07) is 28.7. The van der Waals surface area contributed by atoms with Gasteiger partial charge in [0.05, 0.1) is 48.1 Å². The lowest BCUT2D eigenvalue weighted by Gasteiger charge is -2.28. The van der Waals surface area contributed by atoms with E-state index < -0.39 is 60.4 Å². The monoisotopic (exact) mass is 810 g/mol. The summed E-state index contributed by atoms with van der Waals surface area (Å²) in [5.74, 6) is -0.265. The fourth-order valence-corrected chi connectivity index (χ4v) is 8.28. The minimum Gasteiger partial charge on any atom is -0.465 e. The van der Waals surface area contributed by atoms with E-state index in [2.05, 4.69) is 20.6 Å². The number of likely N-dealkylation sites (tertiary alicyclic amines) is 2. The molecule has 60 heavy (non-hydrogen) atoms. The number of aromatic amines is 2. The number of hydrogen-bond acceptors (Lipinski definition) is 8. The summed E-state index contributed by atoms with van der Waals surface area (Å²) < 4.78 is 0. The van der Waals surface area contributed by atoms with E-state index in [-0.39, 0.29) is 25.9 Å². The largest absolute Gasteiger partial charge is 0.465 e. The van der Waals surface area contributed by atoms with Crippen molar-refractivity contribution in [3.05, 3.63) is 144 Å². The first kappa shape index (κ1) is 39.5. The number of nitrogens with one attached hydrogen (secondary N) is 4. The van der Waals surface area contributed by atoms with Gasteiger partial charge in [-0.3, -0.25) is 9.59 Å². The number of aromatic nitrogens is 4. The predicted molar refractivity (Wildman–Crippen MR) is 218 cm³/mol. The molecule has 0 spiro atoms. The van der Waals surface area contributed by atoms with Gasteiger partial charge in [0.2, 0.25) is 0 Å². The molecule has 16 heteroatoms. The van der Waals surface area contributed by atoms with Crippen LogP contribution in [0, 0.1) is 0 Å². The highest BCUT2D eigenvalue weighted by Crippen LogP contribution is 2.42. The molecule has 306 valence electrons. The summed E-state index contributed by atoms with van der Waals surface area (Å²) in [7, 11) is 0. The highest BCUT2D eigenvalue weighted by molar-refractivity contribution is 5.93. The van der Waals surface area contributed by atoms with Crippen LogP contribution in [0.15, 0.2) is 122 Å². The summed E-state index contributed by atoms with van der Waals surface area (Å²) in [6.07, 6.45) is -0.853. The number of aliphatic hydroxyl groups is 2. The maximum absolute atomic E-state index is 14.1. The number of aliphatic hydroxyl groups excluding tert-OH is 2. The molecule has 6 aromatic rings. The van der Waals surface area contributed by atoms with Crippen LogP contribution in [0.5, 0.6) is 0 Å². The lowest BCUT2D eigenvalue weighted by molar-refractivity contribution is -0.135. The molecule has 2 aromatic heterocycles. The molecule has 2 aliphatic rings. The zero-order valence-electron chi connectivity index (χ0n) is 32.1. The topological polar surface area (TPSA) is 237 Å². The van der Waals surface area contributed by atoms with Crippen LogP contribution in [-0.4, -0.2) is 99.5 Å². The molecule has 0 bridgehead atoms. The van der Waals surface area contributed by atoms with Crippen molar-refractivity contribution in [1.29, 1.82) is 0 Å². The van der Waals surface area contributed by atoms with E-state index in [1.807, 2.05) is 48.5 Å². The third-order valence-corrected chi connectivity index (χ3v) is 11.0. The number of H-pyrrole nitrogens is 2. The number of benzene rings is 4. The van der Waals surface area contributed by atoms with Gasteiger partial charge in [0.1, 0.15) is 23.7 Å². The third-order valence-electron chi connectivity index (χ3n) is 11.0. The van der Waals surface area contributed by atoms with Gasteiger partial charge in [-0.2, -0.15) is 0 Å². The average Bonchev–Trinajstić information content (AvgIpc) is 4.09. The first-order valence-corrected chi connectivity index (χ1v) is 19.4. The van der Waals surface area contributed by atoms with Crippen LogP contribution in [0.25, 0.3) is 33.6 Å². The Bertz CT molecular complexity index is 2500. The van der Waals surface area contributed by atoms with Gasteiger partial charge in [0.25, 0.3) is 11.8 Å². The molecule has 2 fully saturated rings. The number of hydrogen-bond donors (Lipinski definition) is 8. The predicted octanol–water partition coefficient (Wildman–Crippen LogP) is 5.42. The number of amides is 4. The van der Waals surface area contributed by atoms with Gasteiger partial charge in [-0.25, -0.2) is 19.6 Å². The summed E-state index contributed by atoms with van der Waals surface area (Å²) >= 11 is 0. The number of carboxylic acid groups (broad SMARTS) is 2. The Morgan fingerprint density at radius 1 is 0.583 bits per heavy atom. The van der Waals surface area contributed by atoms with Crippen molar-refractivity contribution in [1.82, 2.24) is 40.4 Å². The molecule has 2 aliphatic heterocycles. The molecular formula is C44H42N8O8. The highest BCUT2D eigenvalue weighted by Gasteiger charge is 2.42. The molecular weight excluding hydrogens is 769 g/mol. The van der Waals surface area contributed by atoms with Crippen LogP contribution >= 0.6 is 0 Å². The van der Waals surface area contributed by atoms with Gasteiger partial charge in [-0.15, -0.1) is 0 Å². The summed E-state index contributed by atoms with van der Waals surface area (Å²) in [4.78, 5) is 70.9. The van der Waals surface area contributed by atoms with Crippen molar-refractivity contribution >= 4 is 24.0 Å². The number of imidazole rings is 2. The number of nitrogens with zero attached hydrogens (tertiary/aromatic N) is 4. The Kier molecular flexibility index (Phi) is 11.1. The number of carbonyl (C=O) groups is 4. The van der Waals surface area contributed by atoms with Gasteiger partial charge in [0, 0.05) is 37.1 Å². The molecule has 4 aromatic carbocycles. The zero-order chi connectivity index (χ0) is 41.9. The van der Waals surface area contributed by atoms with Crippen LogP contribution in [0.4, 0.5) is 9.59 Å². The summed E-state index contributed by atoms with van der Waals surface area (Å²) in [5.41, 5.74) is 5.28. The van der Waals surface area contributed by atoms with Crippen molar-refractivity contribution in [3.63, 3.8) is 0 Å². The van der Waals surface area contributed by atoms with Crippen LogP contribution in [0.2, 0.25) is 0 Å².